The summed E-state index contributed by atoms with van der Waals surface area (Å²) in [5, 5.41) is 0.507. The number of anilines is 1. The van der Waals surface area contributed by atoms with E-state index in [9.17, 15) is 13.2 Å². The lowest BCUT2D eigenvalue weighted by molar-refractivity contribution is 0.0982. The zero-order chi connectivity index (χ0) is 21.9. The van der Waals surface area contributed by atoms with Crippen molar-refractivity contribution in [3.8, 4) is 5.75 Å². The van der Waals surface area contributed by atoms with Crippen LogP contribution in [0.3, 0.4) is 0 Å². The Morgan fingerprint density at radius 3 is 2.50 bits per heavy atom. The fourth-order valence-electron chi connectivity index (χ4n) is 3.00. The zero-order valence-electron chi connectivity index (χ0n) is 17.5. The van der Waals surface area contributed by atoms with Crippen LogP contribution in [0.25, 0.3) is 10.2 Å². The Labute approximate surface area is 180 Å². The number of rotatable bonds is 8. The van der Waals surface area contributed by atoms with Crippen LogP contribution in [0.5, 0.6) is 5.75 Å². The molecule has 0 aliphatic carbocycles. The number of sulfone groups is 1. The maximum Gasteiger partial charge on any atom is 0.261 e. The van der Waals surface area contributed by atoms with Crippen LogP contribution >= 0.6 is 11.3 Å². The van der Waals surface area contributed by atoms with Crippen LogP contribution in [0, 0.1) is 0 Å². The summed E-state index contributed by atoms with van der Waals surface area (Å²) < 4.78 is 31.0. The minimum absolute atomic E-state index is 0.0148. The first-order valence-corrected chi connectivity index (χ1v) is 12.2. The molecule has 0 fully saturated rings. The Kier molecular flexibility index (Phi) is 6.74. The van der Waals surface area contributed by atoms with Crippen molar-refractivity contribution in [1.82, 2.24) is 9.88 Å². The van der Waals surface area contributed by atoms with Gasteiger partial charge in [-0.1, -0.05) is 29.5 Å². The fraction of sp³-hybridized carbons (Fsp3) is 0.333. The number of nitrogens with zero attached hydrogens (tertiary/aromatic N) is 3. The second-order valence-corrected chi connectivity index (χ2v) is 10.1. The quantitative estimate of drug-likeness (QED) is 0.527. The van der Waals surface area contributed by atoms with Gasteiger partial charge in [-0.25, -0.2) is 13.4 Å². The highest BCUT2D eigenvalue weighted by atomic mass is 32.2. The van der Waals surface area contributed by atoms with Crippen LogP contribution in [-0.2, 0) is 9.84 Å². The van der Waals surface area contributed by atoms with Crippen LogP contribution in [0.4, 0.5) is 5.13 Å². The molecule has 1 heterocycles. The first-order valence-electron chi connectivity index (χ1n) is 9.50. The molecule has 3 rings (SSSR count). The molecule has 7 nitrogen and oxygen atoms in total. The van der Waals surface area contributed by atoms with Gasteiger partial charge in [-0.15, -0.1) is 0 Å². The molecule has 0 radical (unpaired) electrons. The van der Waals surface area contributed by atoms with Crippen molar-refractivity contribution in [2.75, 3.05) is 44.9 Å². The number of carbonyl (C=O) groups excluding carboxylic acids is 1. The van der Waals surface area contributed by atoms with Crippen LogP contribution in [0.1, 0.15) is 17.3 Å². The van der Waals surface area contributed by atoms with E-state index in [1.54, 1.807) is 23.1 Å². The van der Waals surface area contributed by atoms with Gasteiger partial charge in [0.05, 0.1) is 21.8 Å². The number of amides is 1. The van der Waals surface area contributed by atoms with E-state index >= 15 is 0 Å². The minimum atomic E-state index is -3.56. The van der Waals surface area contributed by atoms with Crippen molar-refractivity contribution in [2.24, 2.45) is 0 Å². The number of para-hydroxylation sites is 1. The predicted octanol–water partition coefficient (Wildman–Crippen LogP) is 3.31. The van der Waals surface area contributed by atoms with Gasteiger partial charge in [0, 0.05) is 19.3 Å². The number of likely N-dealkylation sites (N-methyl/N-ethyl adjacent to an activating group) is 1. The normalized spacial score (nSPS) is 11.8. The SMILES string of the molecule is CCOc1cccc2sc(N(CCN(C)C)C(=O)c3ccccc3S(C)(=O)=O)nc12. The summed E-state index contributed by atoms with van der Waals surface area (Å²) in [6.45, 7) is 3.38. The Morgan fingerprint density at radius 2 is 1.83 bits per heavy atom. The van der Waals surface area contributed by atoms with E-state index in [1.807, 2.05) is 44.1 Å². The lowest BCUT2D eigenvalue weighted by Gasteiger charge is -2.22. The number of thiazole rings is 1. The number of hydrogen-bond acceptors (Lipinski definition) is 7. The third-order valence-corrected chi connectivity index (χ3v) is 6.63. The highest BCUT2D eigenvalue weighted by Crippen LogP contribution is 2.35. The average Bonchev–Trinajstić information content (AvgIpc) is 3.12. The van der Waals surface area contributed by atoms with Crippen molar-refractivity contribution >= 4 is 42.4 Å². The van der Waals surface area contributed by atoms with Crippen molar-refractivity contribution in [3.63, 3.8) is 0 Å². The van der Waals surface area contributed by atoms with Gasteiger partial charge in [0.15, 0.2) is 15.0 Å². The summed E-state index contributed by atoms with van der Waals surface area (Å²) >= 11 is 1.38. The van der Waals surface area contributed by atoms with Crippen molar-refractivity contribution in [1.29, 1.82) is 0 Å². The Morgan fingerprint density at radius 1 is 1.10 bits per heavy atom. The summed E-state index contributed by atoms with van der Waals surface area (Å²) in [5.74, 6) is 0.268. The fourth-order valence-corrected chi connectivity index (χ4v) is 4.88. The first-order chi connectivity index (χ1) is 14.2. The highest BCUT2D eigenvalue weighted by Gasteiger charge is 2.26. The molecular formula is C21H25N3O4S2. The lowest BCUT2D eigenvalue weighted by atomic mass is 10.2. The monoisotopic (exact) mass is 447 g/mol. The number of ether oxygens (including phenoxy) is 1. The van der Waals surface area contributed by atoms with Gasteiger partial charge in [0.1, 0.15) is 11.3 Å². The van der Waals surface area contributed by atoms with E-state index in [-0.39, 0.29) is 10.5 Å². The number of fused-ring (bicyclic) bond motifs is 1. The molecule has 30 heavy (non-hydrogen) atoms. The molecule has 3 aromatic rings. The lowest BCUT2D eigenvalue weighted by Crippen LogP contribution is -2.37. The molecule has 9 heteroatoms. The molecule has 0 bridgehead atoms. The summed E-state index contributed by atoms with van der Waals surface area (Å²) in [5.41, 5.74) is 0.835. The van der Waals surface area contributed by atoms with Gasteiger partial charge >= 0.3 is 0 Å². The van der Waals surface area contributed by atoms with Gasteiger partial charge in [-0.2, -0.15) is 0 Å². The van der Waals surface area contributed by atoms with Crippen LogP contribution < -0.4 is 9.64 Å². The van der Waals surface area contributed by atoms with Crippen LogP contribution in [0.15, 0.2) is 47.4 Å². The van der Waals surface area contributed by atoms with Gasteiger partial charge in [0.25, 0.3) is 5.91 Å². The van der Waals surface area contributed by atoms with E-state index in [0.29, 0.717) is 36.1 Å². The number of aromatic nitrogens is 1. The maximum absolute atomic E-state index is 13.5. The summed E-state index contributed by atoms with van der Waals surface area (Å²) in [6, 6.07) is 11.9. The molecule has 0 atom stereocenters. The molecule has 0 aliphatic heterocycles. The Bertz CT molecular complexity index is 1160. The van der Waals surface area contributed by atoms with E-state index < -0.39 is 15.7 Å². The molecule has 1 aromatic heterocycles. The highest BCUT2D eigenvalue weighted by molar-refractivity contribution is 7.90. The third-order valence-electron chi connectivity index (χ3n) is 4.43. The zero-order valence-corrected chi connectivity index (χ0v) is 19.1. The van der Waals surface area contributed by atoms with Gasteiger partial charge < -0.3 is 9.64 Å². The van der Waals surface area contributed by atoms with E-state index in [4.69, 9.17) is 4.74 Å². The molecule has 0 N–H and O–H groups in total. The summed E-state index contributed by atoms with van der Waals surface area (Å²) in [7, 11) is 0.272. The van der Waals surface area contributed by atoms with E-state index in [1.165, 1.54) is 17.4 Å². The molecule has 0 aliphatic rings. The van der Waals surface area contributed by atoms with Crippen LogP contribution in [-0.4, -0.2) is 64.3 Å². The molecular weight excluding hydrogens is 422 g/mol. The second kappa shape index (κ2) is 9.11. The Hall–Kier alpha value is -2.49. The van der Waals surface area contributed by atoms with Gasteiger partial charge in [-0.05, 0) is 45.3 Å². The summed E-state index contributed by atoms with van der Waals surface area (Å²) in [4.78, 5) is 21.7. The van der Waals surface area contributed by atoms with Crippen molar-refractivity contribution in [3.05, 3.63) is 48.0 Å². The van der Waals surface area contributed by atoms with E-state index in [0.717, 1.165) is 11.0 Å². The summed E-state index contributed by atoms with van der Waals surface area (Å²) in [6.07, 6.45) is 1.11. The van der Waals surface area contributed by atoms with Crippen molar-refractivity contribution in [2.45, 2.75) is 11.8 Å². The van der Waals surface area contributed by atoms with Crippen molar-refractivity contribution < 1.29 is 17.9 Å². The maximum atomic E-state index is 13.5. The molecule has 0 saturated carbocycles. The molecule has 160 valence electrons. The average molecular weight is 448 g/mol. The number of benzene rings is 2. The first kappa shape index (κ1) is 22.2. The number of carbonyl (C=O) groups is 1. The molecule has 0 unspecified atom stereocenters. The molecule has 0 spiro atoms. The van der Waals surface area contributed by atoms with Crippen LogP contribution in [0.2, 0.25) is 0 Å². The minimum Gasteiger partial charge on any atom is -0.492 e. The second-order valence-electron chi connectivity index (χ2n) is 7.06. The third kappa shape index (κ3) is 4.80. The van der Waals surface area contributed by atoms with Gasteiger partial charge in [0.2, 0.25) is 0 Å². The molecule has 2 aromatic carbocycles. The molecule has 0 saturated heterocycles. The Balaban J connectivity index is 2.10. The van der Waals surface area contributed by atoms with E-state index in [2.05, 4.69) is 4.98 Å². The van der Waals surface area contributed by atoms with Gasteiger partial charge in [-0.3, -0.25) is 9.69 Å². The standard InChI is InChI=1S/C21H25N3O4S2/c1-5-28-16-10-8-11-17-19(16)22-21(29-17)24(14-13-23(2)3)20(25)15-9-6-7-12-18(15)30(4,26)27/h6-12H,5,13-14H2,1-4H3. The topological polar surface area (TPSA) is 79.8 Å². The number of hydrogen-bond donors (Lipinski definition) is 0. The smallest absolute Gasteiger partial charge is 0.261 e. The molecule has 1 amide bonds. The predicted molar refractivity (Wildman–Crippen MR) is 121 cm³/mol. The largest absolute Gasteiger partial charge is 0.492 e.